The van der Waals surface area contributed by atoms with Gasteiger partial charge in [0.05, 0.1) is 11.9 Å². The second kappa shape index (κ2) is 6.45. The van der Waals surface area contributed by atoms with Crippen LogP contribution in [-0.4, -0.2) is 15.8 Å². The predicted molar refractivity (Wildman–Crippen MR) is 71.7 cm³/mol. The molecule has 5 heteroatoms. The van der Waals surface area contributed by atoms with Crippen LogP contribution in [-0.2, 0) is 6.54 Å². The van der Waals surface area contributed by atoms with E-state index in [1.807, 2.05) is 6.92 Å². The monoisotopic (exact) mass is 255 g/mol. The first-order valence-electron chi connectivity index (χ1n) is 5.74. The quantitative estimate of drug-likeness (QED) is 0.795. The molecule has 0 aliphatic rings. The summed E-state index contributed by atoms with van der Waals surface area (Å²) in [4.78, 5) is 11.9. The van der Waals surface area contributed by atoms with Crippen molar-refractivity contribution in [1.29, 1.82) is 0 Å². The third kappa shape index (κ3) is 3.60. The average Bonchev–Trinajstić information content (AvgIpc) is 2.34. The van der Waals surface area contributed by atoms with E-state index in [0.29, 0.717) is 12.2 Å². The first-order chi connectivity index (χ1) is 8.10. The Kier molecular flexibility index (Phi) is 5.22. The Hall–Kier alpha value is -1.29. The standard InChI is InChI=1S/C12H18ClN3O/c1-4-6-7-16-12(17)11(13)10(8-14-16)15-9(3)5-2/h5,8-9,15H,2,4,6-7H2,1,3H3. The number of aryl methyl sites for hydroxylation is 1. The molecule has 0 aromatic carbocycles. The van der Waals surface area contributed by atoms with Crippen LogP contribution >= 0.6 is 11.6 Å². The summed E-state index contributed by atoms with van der Waals surface area (Å²) in [6.07, 6.45) is 5.25. The Morgan fingerprint density at radius 3 is 3.00 bits per heavy atom. The number of halogens is 1. The summed E-state index contributed by atoms with van der Waals surface area (Å²) in [5, 5.41) is 7.33. The Balaban J connectivity index is 2.94. The molecule has 1 aromatic rings. The van der Waals surface area contributed by atoms with Crippen LogP contribution in [0.4, 0.5) is 5.69 Å². The van der Waals surface area contributed by atoms with E-state index in [9.17, 15) is 4.79 Å². The molecular weight excluding hydrogens is 238 g/mol. The molecule has 0 radical (unpaired) electrons. The number of rotatable bonds is 6. The average molecular weight is 256 g/mol. The van der Waals surface area contributed by atoms with Gasteiger partial charge in [-0.1, -0.05) is 31.0 Å². The van der Waals surface area contributed by atoms with Crippen molar-refractivity contribution >= 4 is 17.3 Å². The minimum absolute atomic E-state index is 0.0418. The summed E-state index contributed by atoms with van der Waals surface area (Å²) in [6.45, 7) is 8.25. The molecule has 0 spiro atoms. The normalized spacial score (nSPS) is 12.2. The van der Waals surface area contributed by atoms with Gasteiger partial charge in [-0.2, -0.15) is 5.10 Å². The number of nitrogens with one attached hydrogen (secondary N) is 1. The van der Waals surface area contributed by atoms with Crippen molar-refractivity contribution in [1.82, 2.24) is 9.78 Å². The lowest BCUT2D eigenvalue weighted by molar-refractivity contribution is 0.543. The zero-order valence-electron chi connectivity index (χ0n) is 10.2. The van der Waals surface area contributed by atoms with Gasteiger partial charge in [0.15, 0.2) is 0 Å². The summed E-state index contributed by atoms with van der Waals surface area (Å²) >= 11 is 6.01. The molecule has 0 aliphatic heterocycles. The van der Waals surface area contributed by atoms with Crippen molar-refractivity contribution in [2.45, 2.75) is 39.3 Å². The molecule has 1 aromatic heterocycles. The van der Waals surface area contributed by atoms with Crippen LogP contribution in [0.15, 0.2) is 23.6 Å². The van der Waals surface area contributed by atoms with Gasteiger partial charge in [0.2, 0.25) is 0 Å². The van der Waals surface area contributed by atoms with Crippen LogP contribution in [0.25, 0.3) is 0 Å². The number of aromatic nitrogens is 2. The maximum Gasteiger partial charge on any atom is 0.287 e. The molecule has 0 saturated carbocycles. The van der Waals surface area contributed by atoms with Crippen LogP contribution < -0.4 is 10.9 Å². The maximum absolute atomic E-state index is 11.9. The highest BCUT2D eigenvalue weighted by Crippen LogP contribution is 2.16. The molecule has 1 heterocycles. The lowest BCUT2D eigenvalue weighted by Gasteiger charge is -2.12. The third-order valence-electron chi connectivity index (χ3n) is 2.45. The molecule has 0 amide bonds. The second-order valence-corrected chi connectivity index (χ2v) is 4.30. The third-order valence-corrected chi connectivity index (χ3v) is 2.81. The summed E-state index contributed by atoms with van der Waals surface area (Å²) in [5.74, 6) is 0. The highest BCUT2D eigenvalue weighted by Gasteiger charge is 2.09. The number of nitrogens with zero attached hydrogens (tertiary/aromatic N) is 2. The van der Waals surface area contributed by atoms with E-state index in [0.717, 1.165) is 12.8 Å². The maximum atomic E-state index is 11.9. The van der Waals surface area contributed by atoms with E-state index in [1.165, 1.54) is 4.68 Å². The van der Waals surface area contributed by atoms with Crippen LogP contribution in [0.2, 0.25) is 5.02 Å². The van der Waals surface area contributed by atoms with Gasteiger partial charge in [0.1, 0.15) is 5.02 Å². The molecule has 0 fully saturated rings. The first-order valence-corrected chi connectivity index (χ1v) is 6.12. The fourth-order valence-electron chi connectivity index (χ4n) is 1.34. The smallest absolute Gasteiger partial charge is 0.287 e. The Morgan fingerprint density at radius 2 is 2.41 bits per heavy atom. The van der Waals surface area contributed by atoms with Crippen molar-refractivity contribution in [2.24, 2.45) is 0 Å². The zero-order chi connectivity index (χ0) is 12.8. The summed E-state index contributed by atoms with van der Waals surface area (Å²) < 4.78 is 1.40. The summed E-state index contributed by atoms with van der Waals surface area (Å²) in [7, 11) is 0. The van der Waals surface area contributed by atoms with Gasteiger partial charge in [-0.25, -0.2) is 4.68 Å². The largest absolute Gasteiger partial charge is 0.376 e. The van der Waals surface area contributed by atoms with E-state index in [1.54, 1.807) is 12.3 Å². The van der Waals surface area contributed by atoms with Crippen LogP contribution in [0.5, 0.6) is 0 Å². The van der Waals surface area contributed by atoms with Crippen molar-refractivity contribution < 1.29 is 0 Å². The minimum atomic E-state index is -0.249. The van der Waals surface area contributed by atoms with Crippen molar-refractivity contribution in [3.63, 3.8) is 0 Å². The molecule has 17 heavy (non-hydrogen) atoms. The molecule has 0 bridgehead atoms. The first kappa shape index (κ1) is 13.8. The van der Waals surface area contributed by atoms with Crippen LogP contribution in [0.1, 0.15) is 26.7 Å². The van der Waals surface area contributed by atoms with E-state index in [4.69, 9.17) is 11.6 Å². The Bertz CT molecular complexity index is 442. The SMILES string of the molecule is C=CC(C)Nc1cnn(CCCC)c(=O)c1Cl. The van der Waals surface area contributed by atoms with E-state index >= 15 is 0 Å². The number of anilines is 1. The lowest BCUT2D eigenvalue weighted by Crippen LogP contribution is -2.25. The highest BCUT2D eigenvalue weighted by molar-refractivity contribution is 6.32. The number of unbranched alkanes of at least 4 members (excludes halogenated alkanes) is 1. The van der Waals surface area contributed by atoms with Gasteiger partial charge in [0.25, 0.3) is 5.56 Å². The fraction of sp³-hybridized carbons (Fsp3) is 0.500. The topological polar surface area (TPSA) is 46.9 Å². The summed E-state index contributed by atoms with van der Waals surface area (Å²) in [5.41, 5.74) is 0.304. The van der Waals surface area contributed by atoms with Crippen molar-refractivity contribution in [2.75, 3.05) is 5.32 Å². The Labute approximate surface area is 106 Å². The van der Waals surface area contributed by atoms with E-state index in [2.05, 4.69) is 23.9 Å². The van der Waals surface area contributed by atoms with Gasteiger partial charge in [-0.15, -0.1) is 6.58 Å². The summed E-state index contributed by atoms with van der Waals surface area (Å²) in [6, 6.07) is 0.0418. The van der Waals surface area contributed by atoms with Gasteiger partial charge < -0.3 is 5.32 Å². The van der Waals surface area contributed by atoms with E-state index < -0.39 is 0 Å². The molecular formula is C12H18ClN3O. The van der Waals surface area contributed by atoms with Gasteiger partial charge in [-0.3, -0.25) is 4.79 Å². The Morgan fingerprint density at radius 1 is 1.71 bits per heavy atom. The molecule has 1 atom stereocenters. The zero-order valence-corrected chi connectivity index (χ0v) is 11.0. The van der Waals surface area contributed by atoms with Crippen molar-refractivity contribution in [3.8, 4) is 0 Å². The van der Waals surface area contributed by atoms with Crippen LogP contribution in [0, 0.1) is 0 Å². The fourth-order valence-corrected chi connectivity index (χ4v) is 1.54. The molecule has 1 rings (SSSR count). The van der Waals surface area contributed by atoms with Gasteiger partial charge in [0, 0.05) is 12.6 Å². The van der Waals surface area contributed by atoms with Crippen LogP contribution in [0.3, 0.4) is 0 Å². The number of hydrogen-bond acceptors (Lipinski definition) is 3. The van der Waals surface area contributed by atoms with Gasteiger partial charge in [-0.05, 0) is 13.3 Å². The molecule has 0 aliphatic carbocycles. The van der Waals surface area contributed by atoms with Gasteiger partial charge >= 0.3 is 0 Å². The highest BCUT2D eigenvalue weighted by atomic mass is 35.5. The molecule has 94 valence electrons. The molecule has 0 saturated heterocycles. The minimum Gasteiger partial charge on any atom is -0.376 e. The lowest BCUT2D eigenvalue weighted by atomic mass is 10.3. The van der Waals surface area contributed by atoms with Crippen molar-refractivity contribution in [3.05, 3.63) is 34.2 Å². The predicted octanol–water partition coefficient (Wildman–Crippen LogP) is 2.68. The molecule has 1 unspecified atom stereocenters. The molecule has 4 nitrogen and oxygen atoms in total. The second-order valence-electron chi connectivity index (χ2n) is 3.92. The molecule has 1 N–H and O–H groups in total. The number of hydrogen-bond donors (Lipinski definition) is 1. The van der Waals surface area contributed by atoms with E-state index in [-0.39, 0.29) is 16.6 Å².